The van der Waals surface area contributed by atoms with Gasteiger partial charge in [-0.15, -0.1) is 0 Å². The van der Waals surface area contributed by atoms with Crippen LogP contribution in [0.15, 0.2) is 0 Å². The maximum absolute atomic E-state index is 11.1. The van der Waals surface area contributed by atoms with Crippen molar-refractivity contribution in [2.75, 3.05) is 7.11 Å². The maximum Gasteiger partial charge on any atom is 0.303 e. The molecular formula is C11H19NO5. The molecule has 0 aromatic carbocycles. The number of nitrogens with one attached hydrogen (secondary N) is 1. The number of hydrogen-bond acceptors (Lipinski definition) is 5. The fourth-order valence-electron chi connectivity index (χ4n) is 1.96. The van der Waals surface area contributed by atoms with E-state index < -0.39 is 18.4 Å². The lowest BCUT2D eigenvalue weighted by atomic mass is 9.99. The predicted octanol–water partition coefficient (Wildman–Crippen LogP) is 0.204. The van der Waals surface area contributed by atoms with E-state index in [4.69, 9.17) is 14.2 Å². The van der Waals surface area contributed by atoms with Crippen LogP contribution in [0.25, 0.3) is 0 Å². The summed E-state index contributed by atoms with van der Waals surface area (Å²) < 4.78 is 15.8. The minimum absolute atomic E-state index is 0.170. The average Bonchev–Trinajstić information content (AvgIpc) is 2.21. The summed E-state index contributed by atoms with van der Waals surface area (Å²) in [6.07, 6.45) is -0.746. The second-order valence-electron chi connectivity index (χ2n) is 4.12. The highest BCUT2D eigenvalue weighted by molar-refractivity contribution is 5.73. The number of carbonyl (C=O) groups excluding carboxylic acids is 2. The van der Waals surface area contributed by atoms with Crippen LogP contribution < -0.4 is 5.32 Å². The summed E-state index contributed by atoms with van der Waals surface area (Å²) in [6.45, 7) is 4.54. The SMILES string of the molecule is COC1C[C@@H](NC(C)=O)[C@H](OC(C)=O)[C@@H](C)O1. The highest BCUT2D eigenvalue weighted by Crippen LogP contribution is 2.23. The van der Waals surface area contributed by atoms with Crippen molar-refractivity contribution in [1.82, 2.24) is 5.32 Å². The summed E-state index contributed by atoms with van der Waals surface area (Å²) in [6, 6.07) is -0.287. The molecule has 1 aliphatic rings. The summed E-state index contributed by atoms with van der Waals surface area (Å²) in [7, 11) is 1.54. The predicted molar refractivity (Wildman–Crippen MR) is 59.1 cm³/mol. The van der Waals surface area contributed by atoms with E-state index in [1.807, 2.05) is 0 Å². The van der Waals surface area contributed by atoms with Crippen LogP contribution in [0, 0.1) is 0 Å². The molecule has 0 radical (unpaired) electrons. The van der Waals surface area contributed by atoms with Gasteiger partial charge < -0.3 is 19.5 Å². The van der Waals surface area contributed by atoms with Gasteiger partial charge in [-0.25, -0.2) is 0 Å². The molecule has 0 bridgehead atoms. The highest BCUT2D eigenvalue weighted by Gasteiger charge is 2.39. The lowest BCUT2D eigenvalue weighted by Gasteiger charge is -2.39. The van der Waals surface area contributed by atoms with E-state index in [-0.39, 0.29) is 18.1 Å². The maximum atomic E-state index is 11.1. The normalized spacial score (nSPS) is 32.9. The number of ether oxygens (including phenoxy) is 3. The number of methoxy groups -OCH3 is 1. The van der Waals surface area contributed by atoms with Crippen LogP contribution >= 0.6 is 0 Å². The Balaban J connectivity index is 2.74. The summed E-state index contributed by atoms with van der Waals surface area (Å²) in [5.74, 6) is -0.562. The van der Waals surface area contributed by atoms with E-state index in [9.17, 15) is 9.59 Å². The lowest BCUT2D eigenvalue weighted by molar-refractivity contribution is -0.223. The molecule has 1 aliphatic heterocycles. The van der Waals surface area contributed by atoms with E-state index in [0.29, 0.717) is 6.42 Å². The molecule has 1 unspecified atom stereocenters. The largest absolute Gasteiger partial charge is 0.458 e. The molecule has 17 heavy (non-hydrogen) atoms. The third kappa shape index (κ3) is 3.98. The molecule has 0 saturated carbocycles. The van der Waals surface area contributed by atoms with Crippen LogP contribution in [-0.2, 0) is 23.8 Å². The second-order valence-corrected chi connectivity index (χ2v) is 4.12. The topological polar surface area (TPSA) is 73.9 Å². The molecule has 1 saturated heterocycles. The number of amides is 1. The van der Waals surface area contributed by atoms with E-state index in [1.165, 1.54) is 21.0 Å². The number of carbonyl (C=O) groups is 2. The smallest absolute Gasteiger partial charge is 0.303 e. The Labute approximate surface area is 101 Å². The Bertz CT molecular complexity index is 294. The quantitative estimate of drug-likeness (QED) is 0.719. The van der Waals surface area contributed by atoms with Crippen molar-refractivity contribution in [2.24, 2.45) is 0 Å². The third-order valence-electron chi connectivity index (χ3n) is 2.63. The van der Waals surface area contributed by atoms with Crippen molar-refractivity contribution in [3.8, 4) is 0 Å². The molecule has 1 heterocycles. The molecule has 0 aromatic rings. The van der Waals surface area contributed by atoms with E-state index in [2.05, 4.69) is 5.32 Å². The van der Waals surface area contributed by atoms with Gasteiger partial charge in [-0.2, -0.15) is 0 Å². The van der Waals surface area contributed by atoms with Crippen molar-refractivity contribution in [2.45, 2.75) is 51.7 Å². The summed E-state index contributed by atoms with van der Waals surface area (Å²) >= 11 is 0. The lowest BCUT2D eigenvalue weighted by Crippen LogP contribution is -2.56. The number of esters is 1. The Morgan fingerprint density at radius 1 is 1.35 bits per heavy atom. The molecule has 6 nitrogen and oxygen atoms in total. The first-order chi connectivity index (χ1) is 7.93. The van der Waals surface area contributed by atoms with Gasteiger partial charge in [0.15, 0.2) is 6.29 Å². The zero-order valence-electron chi connectivity index (χ0n) is 10.6. The minimum atomic E-state index is -0.484. The van der Waals surface area contributed by atoms with Gasteiger partial charge in [0.1, 0.15) is 6.10 Å². The molecule has 4 atom stereocenters. The van der Waals surface area contributed by atoms with Gasteiger partial charge in [-0.1, -0.05) is 0 Å². The van der Waals surface area contributed by atoms with Gasteiger partial charge in [-0.05, 0) is 6.92 Å². The Morgan fingerprint density at radius 2 is 2.00 bits per heavy atom. The van der Waals surface area contributed by atoms with E-state index in [0.717, 1.165) is 0 Å². The molecule has 6 heteroatoms. The van der Waals surface area contributed by atoms with Crippen LogP contribution in [0.5, 0.6) is 0 Å². The van der Waals surface area contributed by atoms with Gasteiger partial charge in [0.2, 0.25) is 5.91 Å². The molecule has 1 amide bonds. The first kappa shape index (κ1) is 13.9. The second kappa shape index (κ2) is 5.97. The van der Waals surface area contributed by atoms with Crippen LogP contribution in [0.3, 0.4) is 0 Å². The third-order valence-corrected chi connectivity index (χ3v) is 2.63. The van der Waals surface area contributed by atoms with Crippen LogP contribution in [-0.4, -0.2) is 43.5 Å². The van der Waals surface area contributed by atoms with Crippen LogP contribution in [0.4, 0.5) is 0 Å². The standard InChI is InChI=1S/C11H19NO5/c1-6-11(17-8(3)14)9(12-7(2)13)5-10(15-4)16-6/h6,9-11H,5H2,1-4H3,(H,12,13)/t6-,9-,10?,11-/m1/s1. The molecular weight excluding hydrogens is 226 g/mol. The van der Waals surface area contributed by atoms with Crippen molar-refractivity contribution >= 4 is 11.9 Å². The number of rotatable bonds is 3. The Kier molecular flexibility index (Phi) is 4.89. The fourth-order valence-corrected chi connectivity index (χ4v) is 1.96. The van der Waals surface area contributed by atoms with Gasteiger partial charge >= 0.3 is 5.97 Å². The summed E-state index contributed by atoms with van der Waals surface area (Å²) in [5.41, 5.74) is 0. The Hall–Kier alpha value is -1.14. The van der Waals surface area contributed by atoms with Gasteiger partial charge in [-0.3, -0.25) is 9.59 Å². The monoisotopic (exact) mass is 245 g/mol. The zero-order valence-corrected chi connectivity index (χ0v) is 10.6. The van der Waals surface area contributed by atoms with Gasteiger partial charge in [0.25, 0.3) is 0 Å². The summed E-state index contributed by atoms with van der Waals surface area (Å²) in [4.78, 5) is 22.1. The highest BCUT2D eigenvalue weighted by atomic mass is 16.7. The van der Waals surface area contributed by atoms with Crippen molar-refractivity contribution in [3.05, 3.63) is 0 Å². The minimum Gasteiger partial charge on any atom is -0.458 e. The first-order valence-electron chi connectivity index (χ1n) is 5.56. The molecule has 1 N–H and O–H groups in total. The zero-order chi connectivity index (χ0) is 13.0. The molecule has 98 valence electrons. The van der Waals surface area contributed by atoms with Gasteiger partial charge in [0.05, 0.1) is 12.1 Å². The van der Waals surface area contributed by atoms with Gasteiger partial charge in [0, 0.05) is 27.4 Å². The summed E-state index contributed by atoms with van der Waals surface area (Å²) in [5, 5.41) is 2.76. The molecule has 0 aromatic heterocycles. The number of hydrogen-bond donors (Lipinski definition) is 1. The fraction of sp³-hybridized carbons (Fsp3) is 0.818. The van der Waals surface area contributed by atoms with Crippen molar-refractivity contribution in [1.29, 1.82) is 0 Å². The van der Waals surface area contributed by atoms with E-state index >= 15 is 0 Å². The molecule has 1 rings (SSSR count). The average molecular weight is 245 g/mol. The molecule has 1 fully saturated rings. The van der Waals surface area contributed by atoms with E-state index in [1.54, 1.807) is 6.92 Å². The van der Waals surface area contributed by atoms with Crippen molar-refractivity contribution in [3.63, 3.8) is 0 Å². The van der Waals surface area contributed by atoms with Crippen LogP contribution in [0.1, 0.15) is 27.2 Å². The molecule has 0 aliphatic carbocycles. The van der Waals surface area contributed by atoms with Crippen LogP contribution in [0.2, 0.25) is 0 Å². The Morgan fingerprint density at radius 3 is 2.47 bits per heavy atom. The molecule has 0 spiro atoms. The van der Waals surface area contributed by atoms with Crippen molar-refractivity contribution < 1.29 is 23.8 Å². The first-order valence-corrected chi connectivity index (χ1v) is 5.56.